The number of aromatic nitrogens is 2. The molecule has 7 heteroatoms. The van der Waals surface area contributed by atoms with Crippen LogP contribution in [0.4, 0.5) is 5.69 Å². The molecule has 3 aromatic heterocycles. The van der Waals surface area contributed by atoms with E-state index in [0.29, 0.717) is 5.02 Å². The van der Waals surface area contributed by atoms with E-state index in [1.54, 1.807) is 41.3 Å². The zero-order valence-electron chi connectivity index (χ0n) is 13.5. The van der Waals surface area contributed by atoms with Crippen LogP contribution in [0.25, 0.3) is 10.6 Å². The fraction of sp³-hybridized carbons (Fsp3) is 0. The zero-order valence-corrected chi connectivity index (χ0v) is 15.9. The van der Waals surface area contributed by atoms with Gasteiger partial charge < -0.3 is 0 Å². The molecular weight excluding hydrogens is 384 g/mol. The summed E-state index contributed by atoms with van der Waals surface area (Å²) >= 11 is 9.19. The van der Waals surface area contributed by atoms with Gasteiger partial charge in [0.1, 0.15) is 0 Å². The molecule has 1 aromatic carbocycles. The van der Waals surface area contributed by atoms with Gasteiger partial charge in [-0.1, -0.05) is 23.7 Å². The molecule has 4 aromatic rings. The van der Waals surface area contributed by atoms with E-state index >= 15 is 0 Å². The Morgan fingerprint density at radius 2 is 1.92 bits per heavy atom. The van der Waals surface area contributed by atoms with E-state index in [0.717, 1.165) is 26.6 Å². The number of nitrogens with zero attached hydrogens (tertiary/aromatic N) is 4. The van der Waals surface area contributed by atoms with Crippen LogP contribution < -0.4 is 4.80 Å². The predicted octanol–water partition coefficient (Wildman–Crippen LogP) is 5.44. The van der Waals surface area contributed by atoms with Crippen molar-refractivity contribution in [1.82, 2.24) is 9.66 Å². The van der Waals surface area contributed by atoms with Gasteiger partial charge in [-0.25, -0.2) is 9.67 Å². The number of thiophene rings is 1. The van der Waals surface area contributed by atoms with E-state index in [1.807, 2.05) is 47.1 Å². The molecule has 128 valence electrons. The van der Waals surface area contributed by atoms with Crippen LogP contribution >= 0.6 is 34.3 Å². The standard InChI is InChI=1S/C19H13ClN4S2/c20-15-5-7-16(8-6-15)23-19-24(22-12-14-3-1-9-21-11-14)17(13-26-19)18-4-2-10-25-18/h1-13H. The van der Waals surface area contributed by atoms with E-state index in [1.165, 1.54) is 0 Å². The monoisotopic (exact) mass is 396 g/mol. The molecule has 0 amide bonds. The van der Waals surface area contributed by atoms with Gasteiger partial charge in [-0.2, -0.15) is 5.10 Å². The quantitative estimate of drug-likeness (QED) is 0.423. The SMILES string of the molecule is Clc1ccc(N=c2scc(-c3cccs3)n2N=Cc2cccnc2)cc1. The highest BCUT2D eigenvalue weighted by molar-refractivity contribution is 7.14. The number of pyridine rings is 1. The van der Waals surface area contributed by atoms with Crippen molar-refractivity contribution in [3.63, 3.8) is 0 Å². The molecular formula is C19H13ClN4S2. The molecule has 0 aliphatic carbocycles. The van der Waals surface area contributed by atoms with Gasteiger partial charge in [0.05, 0.1) is 22.5 Å². The van der Waals surface area contributed by atoms with Crippen LogP contribution in [-0.2, 0) is 0 Å². The van der Waals surface area contributed by atoms with Crippen LogP contribution in [0.3, 0.4) is 0 Å². The second-order valence-corrected chi connectivity index (χ2v) is 7.53. The van der Waals surface area contributed by atoms with E-state index in [4.69, 9.17) is 16.6 Å². The molecule has 0 fully saturated rings. The maximum absolute atomic E-state index is 5.96. The largest absolute Gasteiger partial charge is 0.264 e. The predicted molar refractivity (Wildman–Crippen MR) is 110 cm³/mol. The lowest BCUT2D eigenvalue weighted by Crippen LogP contribution is -2.11. The maximum Gasteiger partial charge on any atom is 0.211 e. The lowest BCUT2D eigenvalue weighted by molar-refractivity contribution is 0.856. The summed E-state index contributed by atoms with van der Waals surface area (Å²) in [5.74, 6) is 0. The Morgan fingerprint density at radius 1 is 1.04 bits per heavy atom. The second-order valence-electron chi connectivity index (χ2n) is 5.31. The van der Waals surface area contributed by atoms with Crippen molar-refractivity contribution >= 4 is 46.2 Å². The normalized spacial score (nSPS) is 12.1. The van der Waals surface area contributed by atoms with E-state index in [9.17, 15) is 0 Å². The van der Waals surface area contributed by atoms with Gasteiger partial charge in [0.15, 0.2) is 0 Å². The molecule has 0 N–H and O–H groups in total. The van der Waals surface area contributed by atoms with Crippen molar-refractivity contribution < 1.29 is 0 Å². The van der Waals surface area contributed by atoms with Crippen LogP contribution in [0.5, 0.6) is 0 Å². The molecule has 0 spiro atoms. The maximum atomic E-state index is 5.96. The average Bonchev–Trinajstić information content (AvgIpc) is 3.32. The minimum Gasteiger partial charge on any atom is -0.264 e. The molecule has 0 unspecified atom stereocenters. The van der Waals surface area contributed by atoms with Gasteiger partial charge in [-0.05, 0) is 41.8 Å². The Kier molecular flexibility index (Phi) is 5.06. The van der Waals surface area contributed by atoms with E-state index < -0.39 is 0 Å². The molecule has 0 saturated heterocycles. The van der Waals surface area contributed by atoms with Crippen molar-refractivity contribution in [2.24, 2.45) is 10.1 Å². The first-order valence-corrected chi connectivity index (χ1v) is 9.92. The number of rotatable bonds is 4. The lowest BCUT2D eigenvalue weighted by Gasteiger charge is -2.01. The minimum atomic E-state index is 0.692. The Balaban J connectivity index is 1.82. The van der Waals surface area contributed by atoms with Crippen molar-refractivity contribution in [1.29, 1.82) is 0 Å². The van der Waals surface area contributed by atoms with E-state index in [2.05, 4.69) is 26.9 Å². The summed E-state index contributed by atoms with van der Waals surface area (Å²) in [7, 11) is 0. The molecule has 3 heterocycles. The lowest BCUT2D eigenvalue weighted by atomic mass is 10.3. The van der Waals surface area contributed by atoms with Gasteiger partial charge in [0, 0.05) is 28.4 Å². The van der Waals surface area contributed by atoms with E-state index in [-0.39, 0.29) is 0 Å². The molecule has 0 aliphatic heterocycles. The van der Waals surface area contributed by atoms with Crippen LogP contribution in [0.15, 0.2) is 81.8 Å². The van der Waals surface area contributed by atoms with Crippen molar-refractivity contribution in [2.45, 2.75) is 0 Å². The number of hydrogen-bond acceptors (Lipinski definition) is 5. The Labute approximate surface area is 163 Å². The summed E-state index contributed by atoms with van der Waals surface area (Å²) in [6.07, 6.45) is 5.31. The molecule has 0 atom stereocenters. The molecule has 26 heavy (non-hydrogen) atoms. The summed E-state index contributed by atoms with van der Waals surface area (Å²) in [6, 6.07) is 15.4. The van der Waals surface area contributed by atoms with Gasteiger partial charge in [-0.3, -0.25) is 4.98 Å². The Morgan fingerprint density at radius 3 is 2.65 bits per heavy atom. The third kappa shape index (κ3) is 3.83. The number of benzene rings is 1. The molecule has 4 nitrogen and oxygen atoms in total. The summed E-state index contributed by atoms with van der Waals surface area (Å²) in [5.41, 5.74) is 2.78. The summed E-state index contributed by atoms with van der Waals surface area (Å²) < 4.78 is 1.86. The first-order chi connectivity index (χ1) is 12.8. The van der Waals surface area contributed by atoms with Gasteiger partial charge in [-0.15, -0.1) is 22.7 Å². The number of hydrogen-bond donors (Lipinski definition) is 0. The highest BCUT2D eigenvalue weighted by atomic mass is 35.5. The summed E-state index contributed by atoms with van der Waals surface area (Å²) in [5, 5.41) is 9.47. The number of thiazole rings is 1. The first-order valence-electron chi connectivity index (χ1n) is 7.79. The molecule has 4 rings (SSSR count). The third-order valence-electron chi connectivity index (χ3n) is 3.52. The number of halogens is 1. The third-order valence-corrected chi connectivity index (χ3v) is 5.48. The average molecular weight is 397 g/mol. The van der Waals surface area contributed by atoms with Crippen LogP contribution in [0, 0.1) is 0 Å². The molecule has 0 radical (unpaired) electrons. The smallest absolute Gasteiger partial charge is 0.211 e. The first kappa shape index (κ1) is 16.9. The molecule has 0 bridgehead atoms. The highest BCUT2D eigenvalue weighted by Crippen LogP contribution is 2.25. The molecule has 0 aliphatic rings. The van der Waals surface area contributed by atoms with Gasteiger partial charge in [0.2, 0.25) is 4.80 Å². The summed E-state index contributed by atoms with van der Waals surface area (Å²) in [4.78, 5) is 10.8. The Hall–Kier alpha value is -2.54. The zero-order chi connectivity index (χ0) is 17.8. The van der Waals surface area contributed by atoms with Gasteiger partial charge >= 0.3 is 0 Å². The van der Waals surface area contributed by atoms with Crippen molar-refractivity contribution in [2.75, 3.05) is 0 Å². The van der Waals surface area contributed by atoms with Crippen LogP contribution in [0.1, 0.15) is 5.56 Å². The highest BCUT2D eigenvalue weighted by Gasteiger charge is 2.08. The topological polar surface area (TPSA) is 42.5 Å². The van der Waals surface area contributed by atoms with Crippen LogP contribution in [-0.4, -0.2) is 15.9 Å². The van der Waals surface area contributed by atoms with Crippen molar-refractivity contribution in [3.8, 4) is 10.6 Å². The molecule has 0 saturated carbocycles. The minimum absolute atomic E-state index is 0.692. The summed E-state index contributed by atoms with van der Waals surface area (Å²) in [6.45, 7) is 0. The van der Waals surface area contributed by atoms with Crippen LogP contribution in [0.2, 0.25) is 5.02 Å². The van der Waals surface area contributed by atoms with Gasteiger partial charge in [0.25, 0.3) is 0 Å². The fourth-order valence-electron chi connectivity index (χ4n) is 2.29. The fourth-order valence-corrected chi connectivity index (χ4v) is 4.06. The van der Waals surface area contributed by atoms with Crippen molar-refractivity contribution in [3.05, 3.63) is 87.1 Å². The Bertz CT molecular complexity index is 1080. The second kappa shape index (κ2) is 7.78.